The number of carbonyl (C=O) groups is 2. The molecule has 3 aromatic rings. The smallest absolute Gasteiger partial charge is 0.269 e. The van der Waals surface area contributed by atoms with Crippen molar-refractivity contribution in [3.05, 3.63) is 89.4 Å². The van der Waals surface area contributed by atoms with Crippen LogP contribution in [0.1, 0.15) is 43.6 Å². The largest absolute Gasteiger partial charge is 0.343 e. The zero-order valence-corrected chi connectivity index (χ0v) is 18.8. The molecule has 1 N–H and O–H groups in total. The van der Waals surface area contributed by atoms with Crippen molar-refractivity contribution < 1.29 is 14.0 Å². The van der Waals surface area contributed by atoms with Crippen LogP contribution in [-0.4, -0.2) is 27.4 Å². The van der Waals surface area contributed by atoms with E-state index in [0.29, 0.717) is 0 Å². The second kappa shape index (κ2) is 10.1. The fourth-order valence-corrected chi connectivity index (χ4v) is 3.30. The molecule has 0 fully saturated rings. The van der Waals surface area contributed by atoms with E-state index in [4.69, 9.17) is 0 Å². The zero-order valence-electron chi connectivity index (χ0n) is 18.8. The summed E-state index contributed by atoms with van der Waals surface area (Å²) in [6, 6.07) is 12.9. The highest BCUT2D eigenvalue weighted by atomic mass is 19.1. The van der Waals surface area contributed by atoms with Gasteiger partial charge < -0.3 is 4.57 Å². The second-order valence-corrected chi connectivity index (χ2v) is 8.12. The molecule has 0 saturated carbocycles. The van der Waals surface area contributed by atoms with E-state index in [2.05, 4.69) is 36.0 Å². The molecule has 0 aliphatic carbocycles. The maximum atomic E-state index is 13.1. The van der Waals surface area contributed by atoms with Crippen molar-refractivity contribution in [1.29, 1.82) is 0 Å². The lowest BCUT2D eigenvalue weighted by atomic mass is 10.1. The number of amides is 2. The highest BCUT2D eigenvalue weighted by Gasteiger charge is 2.18. The molecule has 1 heterocycles. The fraction of sp³-hybridized carbons (Fsp3) is 0.231. The molecule has 0 atom stereocenters. The van der Waals surface area contributed by atoms with Crippen molar-refractivity contribution in [2.24, 2.45) is 0 Å². The molecule has 2 aromatic carbocycles. The van der Waals surface area contributed by atoms with Gasteiger partial charge in [-0.3, -0.25) is 15.0 Å². The van der Waals surface area contributed by atoms with Gasteiger partial charge in [-0.2, -0.15) is 0 Å². The quantitative estimate of drug-likeness (QED) is 0.324. The summed E-state index contributed by atoms with van der Waals surface area (Å²) in [4.78, 5) is 25.4. The lowest BCUT2D eigenvalue weighted by Gasteiger charge is -2.25. The molecule has 0 radical (unpaired) electrons. The average Bonchev–Trinajstić information content (AvgIpc) is 3.12. The van der Waals surface area contributed by atoms with Crippen LogP contribution in [0.3, 0.4) is 0 Å². The molecule has 1 aromatic heterocycles. The molecule has 166 valence electrons. The Bertz CT molecular complexity index is 1170. The standard InChI is InChI=1S/C26H28FN3O2/c1-18(2)15-16-29-17-21(23-7-5-6-8-24(23)29)11-14-25(31)30(19(3)4)28-26(32)20-9-12-22(27)13-10-20/h5-15,17,19H,16H2,1-4H3,(H,28,32). The number of allylic oxidation sites excluding steroid dienone is 2. The van der Waals surface area contributed by atoms with Crippen molar-refractivity contribution in [2.45, 2.75) is 40.3 Å². The minimum absolute atomic E-state index is 0.268. The van der Waals surface area contributed by atoms with E-state index in [0.717, 1.165) is 23.0 Å². The number of rotatable bonds is 6. The van der Waals surface area contributed by atoms with E-state index in [9.17, 15) is 14.0 Å². The van der Waals surface area contributed by atoms with Crippen LogP contribution in [0, 0.1) is 5.82 Å². The number of nitrogens with one attached hydrogen (secondary N) is 1. The first-order chi connectivity index (χ1) is 15.3. The summed E-state index contributed by atoms with van der Waals surface area (Å²) in [6.45, 7) is 8.48. The van der Waals surface area contributed by atoms with Crippen molar-refractivity contribution in [1.82, 2.24) is 15.0 Å². The summed E-state index contributed by atoms with van der Waals surface area (Å²) in [5.41, 5.74) is 6.14. The Kier molecular flexibility index (Phi) is 7.25. The van der Waals surface area contributed by atoms with Gasteiger partial charge in [0.15, 0.2) is 0 Å². The van der Waals surface area contributed by atoms with Gasteiger partial charge in [-0.15, -0.1) is 0 Å². The third-order valence-electron chi connectivity index (χ3n) is 5.00. The number of fused-ring (bicyclic) bond motifs is 1. The predicted molar refractivity (Wildman–Crippen MR) is 126 cm³/mol. The molecule has 0 spiro atoms. The Morgan fingerprint density at radius 1 is 1.09 bits per heavy atom. The number of benzene rings is 2. The van der Waals surface area contributed by atoms with Crippen molar-refractivity contribution in [3.63, 3.8) is 0 Å². The number of nitrogens with zero attached hydrogens (tertiary/aromatic N) is 2. The third kappa shape index (κ3) is 5.52. The SMILES string of the molecule is CC(C)=CCn1cc(C=CC(=O)N(NC(=O)c2ccc(F)cc2)C(C)C)c2ccccc21. The predicted octanol–water partition coefficient (Wildman–Crippen LogP) is 5.34. The van der Waals surface area contributed by atoms with E-state index < -0.39 is 11.7 Å². The van der Waals surface area contributed by atoms with E-state index in [1.807, 2.05) is 38.2 Å². The first kappa shape index (κ1) is 23.0. The molecule has 0 saturated heterocycles. The number of aromatic nitrogens is 1. The highest BCUT2D eigenvalue weighted by Crippen LogP contribution is 2.23. The van der Waals surface area contributed by atoms with Crippen LogP contribution in [0.4, 0.5) is 4.39 Å². The van der Waals surface area contributed by atoms with Gasteiger partial charge >= 0.3 is 0 Å². The fourth-order valence-electron chi connectivity index (χ4n) is 3.30. The number of carbonyl (C=O) groups excluding carboxylic acids is 2. The van der Waals surface area contributed by atoms with Crippen LogP contribution in [0.15, 0.2) is 72.5 Å². The second-order valence-electron chi connectivity index (χ2n) is 8.12. The maximum Gasteiger partial charge on any atom is 0.269 e. The lowest BCUT2D eigenvalue weighted by Crippen LogP contribution is -2.49. The van der Waals surface area contributed by atoms with Crippen LogP contribution in [0.25, 0.3) is 17.0 Å². The molecule has 0 unspecified atom stereocenters. The summed E-state index contributed by atoms with van der Waals surface area (Å²) in [5.74, 6) is -1.25. The molecular weight excluding hydrogens is 405 g/mol. The van der Waals surface area contributed by atoms with Crippen LogP contribution >= 0.6 is 0 Å². The first-order valence-corrected chi connectivity index (χ1v) is 10.6. The van der Waals surface area contributed by atoms with Crippen LogP contribution in [-0.2, 0) is 11.3 Å². The Balaban J connectivity index is 1.81. The number of hydrazine groups is 1. The minimum Gasteiger partial charge on any atom is -0.343 e. The molecule has 6 heteroatoms. The molecule has 0 aliphatic heterocycles. The van der Waals surface area contributed by atoms with Gasteiger partial charge in [-0.25, -0.2) is 9.40 Å². The Morgan fingerprint density at radius 3 is 2.44 bits per heavy atom. The highest BCUT2D eigenvalue weighted by molar-refractivity contribution is 5.99. The summed E-state index contributed by atoms with van der Waals surface area (Å²) >= 11 is 0. The average molecular weight is 434 g/mol. The molecule has 0 aliphatic rings. The molecule has 32 heavy (non-hydrogen) atoms. The van der Waals surface area contributed by atoms with Gasteiger partial charge in [-0.1, -0.05) is 29.8 Å². The molecular formula is C26H28FN3O2. The first-order valence-electron chi connectivity index (χ1n) is 10.6. The molecule has 2 amide bonds. The number of halogens is 1. The minimum atomic E-state index is -0.473. The van der Waals surface area contributed by atoms with Crippen molar-refractivity contribution >= 4 is 28.8 Å². The number of para-hydroxylation sites is 1. The summed E-state index contributed by atoms with van der Waals surface area (Å²) in [6.07, 6.45) is 7.39. The van der Waals surface area contributed by atoms with E-state index in [1.54, 1.807) is 6.08 Å². The summed E-state index contributed by atoms with van der Waals surface area (Å²) < 4.78 is 15.3. The van der Waals surface area contributed by atoms with Gasteiger partial charge in [-0.05, 0) is 64.1 Å². The van der Waals surface area contributed by atoms with Gasteiger partial charge in [0.25, 0.3) is 11.8 Å². The topological polar surface area (TPSA) is 54.3 Å². The normalized spacial score (nSPS) is 11.2. The summed E-state index contributed by atoms with van der Waals surface area (Å²) in [5, 5.41) is 2.31. The monoisotopic (exact) mass is 433 g/mol. The summed E-state index contributed by atoms with van der Waals surface area (Å²) in [7, 11) is 0. The zero-order chi connectivity index (χ0) is 23.3. The number of hydrogen-bond acceptors (Lipinski definition) is 2. The molecule has 0 bridgehead atoms. The Morgan fingerprint density at radius 2 is 1.78 bits per heavy atom. The third-order valence-corrected chi connectivity index (χ3v) is 5.00. The van der Waals surface area contributed by atoms with Crippen molar-refractivity contribution in [3.8, 4) is 0 Å². The van der Waals surface area contributed by atoms with Gasteiger partial charge in [0.2, 0.25) is 0 Å². The lowest BCUT2D eigenvalue weighted by molar-refractivity contribution is -0.130. The Hall–Kier alpha value is -3.67. The van der Waals surface area contributed by atoms with Crippen LogP contribution < -0.4 is 5.43 Å². The van der Waals surface area contributed by atoms with Crippen LogP contribution in [0.2, 0.25) is 0 Å². The van der Waals surface area contributed by atoms with Gasteiger partial charge in [0, 0.05) is 46.9 Å². The maximum absolute atomic E-state index is 13.1. The van der Waals surface area contributed by atoms with Gasteiger partial charge in [0.1, 0.15) is 5.82 Å². The van der Waals surface area contributed by atoms with Crippen molar-refractivity contribution in [2.75, 3.05) is 0 Å². The van der Waals surface area contributed by atoms with Crippen LogP contribution in [0.5, 0.6) is 0 Å². The van der Waals surface area contributed by atoms with E-state index >= 15 is 0 Å². The van der Waals surface area contributed by atoms with E-state index in [1.165, 1.54) is 40.9 Å². The van der Waals surface area contributed by atoms with Gasteiger partial charge in [0.05, 0.1) is 0 Å². The molecule has 5 nitrogen and oxygen atoms in total. The number of hydrogen-bond donors (Lipinski definition) is 1. The van der Waals surface area contributed by atoms with E-state index in [-0.39, 0.29) is 17.5 Å². The molecule has 3 rings (SSSR count). The Labute approximate surface area is 187 Å².